The second-order valence-electron chi connectivity index (χ2n) is 5.14. The van der Waals surface area contributed by atoms with Crippen molar-refractivity contribution in [2.45, 2.75) is 26.4 Å². The van der Waals surface area contributed by atoms with Crippen LogP contribution < -0.4 is 4.90 Å². The van der Waals surface area contributed by atoms with E-state index in [2.05, 4.69) is 0 Å². The number of carbonyl (C=O) groups excluding carboxylic acids is 1. The molecule has 0 saturated heterocycles. The number of halogens is 2. The van der Waals surface area contributed by atoms with Gasteiger partial charge in [0.05, 0.1) is 16.7 Å². The molecule has 0 saturated carbocycles. The van der Waals surface area contributed by atoms with E-state index in [9.17, 15) is 4.79 Å². The normalized spacial score (nSPS) is 11.8. The Hall–Kier alpha value is -1.71. The van der Waals surface area contributed by atoms with Crippen molar-refractivity contribution < 1.29 is 9.53 Å². The second kappa shape index (κ2) is 8.23. The summed E-state index contributed by atoms with van der Waals surface area (Å²) in [5.41, 5.74) is 1.92. The summed E-state index contributed by atoms with van der Waals surface area (Å²) in [4.78, 5) is 14.1. The summed E-state index contributed by atoms with van der Waals surface area (Å²) in [7, 11) is 0. The zero-order chi connectivity index (χ0) is 16.8. The zero-order valence-electron chi connectivity index (χ0n) is 13.1. The summed E-state index contributed by atoms with van der Waals surface area (Å²) in [6.07, 6.45) is 0. The van der Waals surface area contributed by atoms with E-state index in [0.717, 1.165) is 11.3 Å². The molecule has 2 aromatic rings. The Balaban J connectivity index is 2.33. The summed E-state index contributed by atoms with van der Waals surface area (Å²) >= 11 is 12.1. The fourth-order valence-corrected chi connectivity index (χ4v) is 2.58. The Bertz CT molecular complexity index is 661. The van der Waals surface area contributed by atoms with Crippen LogP contribution in [-0.2, 0) is 16.1 Å². The van der Waals surface area contributed by atoms with E-state index in [-0.39, 0.29) is 5.97 Å². The van der Waals surface area contributed by atoms with Gasteiger partial charge in [0.1, 0.15) is 6.04 Å². The summed E-state index contributed by atoms with van der Waals surface area (Å²) in [6, 6.07) is 14.8. The SMILES string of the molecule is CCOC(=O)C(C)N(Cc1ccccc1)c1ccc(Cl)c(Cl)c1. The first kappa shape index (κ1) is 17.6. The highest BCUT2D eigenvalue weighted by Gasteiger charge is 2.23. The standard InChI is InChI=1S/C18H19Cl2NO2/c1-3-23-18(22)13(2)21(12-14-7-5-4-6-8-14)15-9-10-16(19)17(20)11-15/h4-11,13H,3,12H2,1-2H3. The lowest BCUT2D eigenvalue weighted by Crippen LogP contribution is -2.39. The monoisotopic (exact) mass is 351 g/mol. The minimum atomic E-state index is -0.438. The van der Waals surface area contributed by atoms with Gasteiger partial charge in [-0.15, -0.1) is 0 Å². The number of hydrogen-bond donors (Lipinski definition) is 0. The van der Waals surface area contributed by atoms with Gasteiger partial charge in [-0.25, -0.2) is 4.79 Å². The molecule has 0 radical (unpaired) electrons. The molecule has 0 amide bonds. The average molecular weight is 352 g/mol. The van der Waals surface area contributed by atoms with E-state index in [0.29, 0.717) is 23.2 Å². The van der Waals surface area contributed by atoms with Crippen LogP contribution in [0.15, 0.2) is 48.5 Å². The lowest BCUT2D eigenvalue weighted by Gasteiger charge is -2.30. The van der Waals surface area contributed by atoms with Crippen LogP contribution in [0.5, 0.6) is 0 Å². The van der Waals surface area contributed by atoms with Gasteiger partial charge in [-0.2, -0.15) is 0 Å². The fourth-order valence-electron chi connectivity index (χ4n) is 2.29. The number of benzene rings is 2. The average Bonchev–Trinajstić information content (AvgIpc) is 2.56. The molecule has 0 aliphatic carbocycles. The third kappa shape index (κ3) is 4.63. The highest BCUT2D eigenvalue weighted by Crippen LogP contribution is 2.29. The highest BCUT2D eigenvalue weighted by molar-refractivity contribution is 6.42. The van der Waals surface area contributed by atoms with Gasteiger partial charge in [0, 0.05) is 12.2 Å². The molecule has 1 unspecified atom stereocenters. The Morgan fingerprint density at radius 2 is 1.83 bits per heavy atom. The van der Waals surface area contributed by atoms with Crippen LogP contribution in [0.1, 0.15) is 19.4 Å². The smallest absolute Gasteiger partial charge is 0.328 e. The maximum absolute atomic E-state index is 12.2. The van der Waals surface area contributed by atoms with E-state index in [4.69, 9.17) is 27.9 Å². The van der Waals surface area contributed by atoms with Gasteiger partial charge < -0.3 is 9.64 Å². The Kier molecular flexibility index (Phi) is 6.31. The molecule has 0 spiro atoms. The molecular formula is C18H19Cl2NO2. The van der Waals surface area contributed by atoms with Crippen molar-refractivity contribution in [2.75, 3.05) is 11.5 Å². The predicted octanol–water partition coefficient (Wildman–Crippen LogP) is 4.95. The molecule has 2 aromatic carbocycles. The van der Waals surface area contributed by atoms with E-state index in [1.165, 1.54) is 0 Å². The van der Waals surface area contributed by atoms with Gasteiger partial charge in [-0.1, -0.05) is 53.5 Å². The molecule has 5 heteroatoms. The van der Waals surface area contributed by atoms with Gasteiger partial charge in [0.15, 0.2) is 0 Å². The van der Waals surface area contributed by atoms with Gasteiger partial charge in [-0.3, -0.25) is 0 Å². The summed E-state index contributed by atoms with van der Waals surface area (Å²) in [5, 5.41) is 0.942. The number of hydrogen-bond acceptors (Lipinski definition) is 3. The van der Waals surface area contributed by atoms with Crippen molar-refractivity contribution in [1.29, 1.82) is 0 Å². The first-order valence-electron chi connectivity index (χ1n) is 7.45. The molecule has 0 aromatic heterocycles. The van der Waals surface area contributed by atoms with Crippen LogP contribution in [-0.4, -0.2) is 18.6 Å². The summed E-state index contributed by atoms with van der Waals surface area (Å²) in [6.45, 7) is 4.54. The number of anilines is 1. The van der Waals surface area contributed by atoms with E-state index < -0.39 is 6.04 Å². The number of ether oxygens (including phenoxy) is 1. The maximum atomic E-state index is 12.2. The second-order valence-corrected chi connectivity index (χ2v) is 5.95. The van der Waals surface area contributed by atoms with E-state index in [1.54, 1.807) is 19.1 Å². The minimum absolute atomic E-state index is 0.269. The van der Waals surface area contributed by atoms with Crippen LogP contribution >= 0.6 is 23.2 Å². The highest BCUT2D eigenvalue weighted by atomic mass is 35.5. The molecule has 0 fully saturated rings. The minimum Gasteiger partial charge on any atom is -0.464 e. The van der Waals surface area contributed by atoms with Crippen molar-refractivity contribution in [1.82, 2.24) is 0 Å². The molecule has 122 valence electrons. The molecule has 0 aliphatic heterocycles. The van der Waals surface area contributed by atoms with Crippen LogP contribution in [0.3, 0.4) is 0 Å². The molecular weight excluding hydrogens is 333 g/mol. The Labute approximate surface area is 146 Å². The van der Waals surface area contributed by atoms with Gasteiger partial charge in [-0.05, 0) is 37.6 Å². The van der Waals surface area contributed by atoms with Gasteiger partial charge in [0.2, 0.25) is 0 Å². The number of carbonyl (C=O) groups is 1. The lowest BCUT2D eigenvalue weighted by atomic mass is 10.1. The summed E-state index contributed by atoms with van der Waals surface area (Å²) < 4.78 is 5.16. The molecule has 0 N–H and O–H groups in total. The Morgan fingerprint density at radius 1 is 1.13 bits per heavy atom. The first-order chi connectivity index (χ1) is 11.0. The molecule has 23 heavy (non-hydrogen) atoms. The number of rotatable bonds is 6. The number of nitrogens with zero attached hydrogens (tertiary/aromatic N) is 1. The van der Waals surface area contributed by atoms with Crippen molar-refractivity contribution in [2.24, 2.45) is 0 Å². The maximum Gasteiger partial charge on any atom is 0.328 e. The van der Waals surface area contributed by atoms with Crippen LogP contribution in [0.4, 0.5) is 5.69 Å². The zero-order valence-corrected chi connectivity index (χ0v) is 14.6. The van der Waals surface area contributed by atoms with E-state index >= 15 is 0 Å². The molecule has 2 rings (SSSR count). The van der Waals surface area contributed by atoms with Crippen molar-refractivity contribution >= 4 is 34.9 Å². The van der Waals surface area contributed by atoms with Crippen LogP contribution in [0.2, 0.25) is 10.0 Å². The van der Waals surface area contributed by atoms with Gasteiger partial charge in [0.25, 0.3) is 0 Å². The number of esters is 1. The first-order valence-corrected chi connectivity index (χ1v) is 8.20. The molecule has 0 heterocycles. The molecule has 0 aliphatic rings. The van der Waals surface area contributed by atoms with Gasteiger partial charge >= 0.3 is 5.97 Å². The molecule has 1 atom stereocenters. The third-order valence-corrected chi connectivity index (χ3v) is 4.26. The van der Waals surface area contributed by atoms with E-state index in [1.807, 2.05) is 48.2 Å². The van der Waals surface area contributed by atoms with Crippen molar-refractivity contribution in [3.63, 3.8) is 0 Å². The third-order valence-electron chi connectivity index (χ3n) is 3.53. The predicted molar refractivity (Wildman–Crippen MR) is 95.2 cm³/mol. The quantitative estimate of drug-likeness (QED) is 0.689. The topological polar surface area (TPSA) is 29.5 Å². The fraction of sp³-hybridized carbons (Fsp3) is 0.278. The largest absolute Gasteiger partial charge is 0.464 e. The van der Waals surface area contributed by atoms with Crippen molar-refractivity contribution in [3.8, 4) is 0 Å². The lowest BCUT2D eigenvalue weighted by molar-refractivity contribution is -0.144. The van der Waals surface area contributed by atoms with Crippen LogP contribution in [0.25, 0.3) is 0 Å². The van der Waals surface area contributed by atoms with Crippen LogP contribution in [0, 0.1) is 0 Å². The Morgan fingerprint density at radius 3 is 2.43 bits per heavy atom. The molecule has 0 bridgehead atoms. The molecule has 3 nitrogen and oxygen atoms in total. The van der Waals surface area contributed by atoms with Crippen molar-refractivity contribution in [3.05, 3.63) is 64.1 Å². The summed E-state index contributed by atoms with van der Waals surface area (Å²) in [5.74, 6) is -0.269.